The van der Waals surface area contributed by atoms with Crippen molar-refractivity contribution in [2.75, 3.05) is 13.1 Å². The van der Waals surface area contributed by atoms with E-state index in [0.717, 1.165) is 42.8 Å². The van der Waals surface area contributed by atoms with E-state index in [1.807, 2.05) is 30.3 Å². The molecule has 0 saturated carbocycles. The first-order valence-corrected chi connectivity index (χ1v) is 13.1. The maximum absolute atomic E-state index is 13.5. The Hall–Kier alpha value is -2.33. The molecule has 1 N–H and O–H groups in total. The fraction of sp³-hybridized carbons (Fsp3) is 0.581. The first kappa shape index (κ1) is 28.9. The van der Waals surface area contributed by atoms with Crippen molar-refractivity contribution in [3.05, 3.63) is 65.7 Å². The maximum Gasteiger partial charge on any atom is 0.238 e. The highest BCUT2D eigenvalue weighted by atomic mass is 16.5. The molecule has 0 radical (unpaired) electrons. The number of hydrogen-bond donors (Lipinski definition) is 1. The topological polar surface area (TPSA) is 41.6 Å². The van der Waals surface area contributed by atoms with Gasteiger partial charge in [-0.05, 0) is 87.7 Å². The zero-order chi connectivity index (χ0) is 26.1. The molecule has 4 nitrogen and oxygen atoms in total. The van der Waals surface area contributed by atoms with Crippen LogP contribution in [-0.4, -0.2) is 35.5 Å². The van der Waals surface area contributed by atoms with E-state index >= 15 is 0 Å². The van der Waals surface area contributed by atoms with E-state index < -0.39 is 0 Å². The second-order valence-corrected chi connectivity index (χ2v) is 12.4. The maximum atomic E-state index is 13.5. The number of benzene rings is 2. The Labute approximate surface area is 214 Å². The average Bonchev–Trinajstić information content (AvgIpc) is 2.76. The van der Waals surface area contributed by atoms with Crippen LogP contribution >= 0.6 is 0 Å². The van der Waals surface area contributed by atoms with Crippen molar-refractivity contribution in [2.24, 2.45) is 11.3 Å². The first-order valence-electron chi connectivity index (χ1n) is 13.1. The van der Waals surface area contributed by atoms with E-state index in [1.54, 1.807) is 0 Å². The Balaban J connectivity index is 2.18. The number of amides is 1. The summed E-state index contributed by atoms with van der Waals surface area (Å²) in [7, 11) is 0. The molecular weight excluding hydrogens is 432 g/mol. The van der Waals surface area contributed by atoms with Gasteiger partial charge < -0.3 is 10.1 Å². The van der Waals surface area contributed by atoms with Gasteiger partial charge in [0.05, 0.1) is 6.04 Å². The predicted octanol–water partition coefficient (Wildman–Crippen LogP) is 6.88. The number of rotatable bonds is 12. The molecule has 4 heteroatoms. The van der Waals surface area contributed by atoms with Crippen molar-refractivity contribution in [2.45, 2.75) is 92.8 Å². The Morgan fingerprint density at radius 3 is 2.06 bits per heavy atom. The molecule has 0 aliphatic carbocycles. The number of ether oxygens (including phenoxy) is 1. The lowest BCUT2D eigenvalue weighted by Gasteiger charge is -2.35. The zero-order valence-electron chi connectivity index (χ0n) is 23.4. The summed E-state index contributed by atoms with van der Waals surface area (Å²) in [5, 5.41) is 3.25. The summed E-state index contributed by atoms with van der Waals surface area (Å²) in [6, 6.07) is 18.2. The van der Waals surface area contributed by atoms with Gasteiger partial charge in [-0.3, -0.25) is 9.69 Å². The predicted molar refractivity (Wildman–Crippen MR) is 148 cm³/mol. The normalized spacial score (nSPS) is 13.2. The third-order valence-corrected chi connectivity index (χ3v) is 5.99. The summed E-state index contributed by atoms with van der Waals surface area (Å²) in [5.41, 5.74) is 2.25. The molecule has 0 aromatic heterocycles. The van der Waals surface area contributed by atoms with E-state index in [2.05, 4.69) is 89.9 Å². The molecule has 0 unspecified atom stereocenters. The van der Waals surface area contributed by atoms with E-state index in [4.69, 9.17) is 4.74 Å². The van der Waals surface area contributed by atoms with Crippen LogP contribution in [0.1, 0.15) is 79.4 Å². The second-order valence-electron chi connectivity index (χ2n) is 12.4. The van der Waals surface area contributed by atoms with Gasteiger partial charge in [0, 0.05) is 5.54 Å². The summed E-state index contributed by atoms with van der Waals surface area (Å²) >= 11 is 0. The van der Waals surface area contributed by atoms with E-state index in [1.165, 1.54) is 0 Å². The second kappa shape index (κ2) is 13.1. The smallest absolute Gasteiger partial charge is 0.238 e. The highest BCUT2D eigenvalue weighted by Gasteiger charge is 2.29. The molecule has 0 fully saturated rings. The average molecular weight is 481 g/mol. The van der Waals surface area contributed by atoms with Gasteiger partial charge in [-0.25, -0.2) is 0 Å². The quantitative estimate of drug-likeness (QED) is 0.360. The number of carbonyl (C=O) groups excluding carboxylic acids is 1. The van der Waals surface area contributed by atoms with Gasteiger partial charge >= 0.3 is 0 Å². The molecule has 1 amide bonds. The molecule has 35 heavy (non-hydrogen) atoms. The van der Waals surface area contributed by atoms with E-state index in [9.17, 15) is 4.79 Å². The molecule has 0 aliphatic rings. The van der Waals surface area contributed by atoms with E-state index in [-0.39, 0.29) is 22.9 Å². The number of nitrogens with zero attached hydrogens (tertiary/aromatic N) is 1. The van der Waals surface area contributed by atoms with Crippen LogP contribution in [0.2, 0.25) is 0 Å². The van der Waals surface area contributed by atoms with Crippen molar-refractivity contribution in [1.29, 1.82) is 0 Å². The molecule has 0 heterocycles. The summed E-state index contributed by atoms with van der Waals surface area (Å²) in [5.74, 6) is 1.55. The van der Waals surface area contributed by atoms with Crippen molar-refractivity contribution >= 4 is 5.91 Å². The lowest BCUT2D eigenvalue weighted by Crippen LogP contribution is -2.54. The molecule has 0 aliphatic heterocycles. The Bertz CT molecular complexity index is 877. The molecule has 194 valence electrons. The van der Waals surface area contributed by atoms with Crippen LogP contribution in [0.3, 0.4) is 0 Å². The third-order valence-electron chi connectivity index (χ3n) is 5.99. The molecule has 1 atom stereocenters. The number of nitrogens with one attached hydrogen (secondary N) is 1. The fourth-order valence-corrected chi connectivity index (χ4v) is 3.85. The van der Waals surface area contributed by atoms with Gasteiger partial charge in [0.2, 0.25) is 5.91 Å². The number of carbonyl (C=O) groups is 1. The van der Waals surface area contributed by atoms with Crippen LogP contribution in [0.25, 0.3) is 0 Å². The van der Waals surface area contributed by atoms with Crippen LogP contribution in [0.15, 0.2) is 54.6 Å². The van der Waals surface area contributed by atoms with Crippen LogP contribution in [0.5, 0.6) is 5.75 Å². The lowest BCUT2D eigenvalue weighted by molar-refractivity contribution is -0.128. The summed E-state index contributed by atoms with van der Waals surface area (Å²) in [6.07, 6.45) is 2.81. The van der Waals surface area contributed by atoms with Crippen LogP contribution in [-0.2, 0) is 17.8 Å². The minimum atomic E-state index is -0.266. The SMILES string of the molecule is CC(C)CCN(CCC(C)(C)C)[C@@H](Cc1ccc(OCc2ccccc2)cc1)C(=O)NC(C)(C)C. The highest BCUT2D eigenvalue weighted by Crippen LogP contribution is 2.23. The Kier molecular flexibility index (Phi) is 10.8. The van der Waals surface area contributed by atoms with E-state index in [0.29, 0.717) is 18.9 Å². The van der Waals surface area contributed by atoms with Gasteiger partial charge in [0.1, 0.15) is 12.4 Å². The molecule has 0 saturated heterocycles. The van der Waals surface area contributed by atoms with Gasteiger partial charge in [-0.2, -0.15) is 0 Å². The molecule has 0 bridgehead atoms. The van der Waals surface area contributed by atoms with Crippen molar-refractivity contribution in [3.8, 4) is 5.75 Å². The molecular formula is C31H48N2O2. The first-order chi connectivity index (χ1) is 16.3. The van der Waals surface area contributed by atoms with Gasteiger partial charge in [-0.15, -0.1) is 0 Å². The van der Waals surface area contributed by atoms with Crippen LogP contribution in [0.4, 0.5) is 0 Å². The van der Waals surface area contributed by atoms with Crippen LogP contribution < -0.4 is 10.1 Å². The summed E-state index contributed by atoms with van der Waals surface area (Å²) in [6.45, 7) is 19.8. The van der Waals surface area contributed by atoms with Gasteiger partial charge in [-0.1, -0.05) is 77.1 Å². The fourth-order valence-electron chi connectivity index (χ4n) is 3.85. The standard InChI is InChI=1S/C31H48N2O2/c1-24(2)18-20-33(21-19-30(3,4)5)28(29(34)32-31(6,7)8)22-25-14-16-27(17-15-25)35-23-26-12-10-9-11-13-26/h9-17,24,28H,18-23H2,1-8H3,(H,32,34)/t28-/m0/s1. The minimum Gasteiger partial charge on any atom is -0.489 e. The third kappa shape index (κ3) is 11.8. The Morgan fingerprint density at radius 1 is 0.886 bits per heavy atom. The lowest BCUT2D eigenvalue weighted by atomic mass is 9.91. The monoisotopic (exact) mass is 480 g/mol. The zero-order valence-corrected chi connectivity index (χ0v) is 23.4. The van der Waals surface area contributed by atoms with Gasteiger partial charge in [0.25, 0.3) is 0 Å². The largest absolute Gasteiger partial charge is 0.489 e. The number of hydrogen-bond acceptors (Lipinski definition) is 3. The molecule has 2 aromatic carbocycles. The van der Waals surface area contributed by atoms with Crippen LogP contribution in [0, 0.1) is 11.3 Å². The highest BCUT2D eigenvalue weighted by molar-refractivity contribution is 5.82. The summed E-state index contributed by atoms with van der Waals surface area (Å²) < 4.78 is 5.96. The van der Waals surface area contributed by atoms with Gasteiger partial charge in [0.15, 0.2) is 0 Å². The Morgan fingerprint density at radius 2 is 1.51 bits per heavy atom. The van der Waals surface area contributed by atoms with Crippen molar-refractivity contribution < 1.29 is 9.53 Å². The molecule has 0 spiro atoms. The minimum absolute atomic E-state index is 0.111. The van der Waals surface area contributed by atoms with Crippen molar-refractivity contribution in [3.63, 3.8) is 0 Å². The summed E-state index contributed by atoms with van der Waals surface area (Å²) in [4.78, 5) is 15.9. The molecule has 2 rings (SSSR count). The van der Waals surface area contributed by atoms with Crippen molar-refractivity contribution in [1.82, 2.24) is 10.2 Å². The molecule has 2 aromatic rings.